The highest BCUT2D eigenvalue weighted by molar-refractivity contribution is 8.00. The van der Waals surface area contributed by atoms with E-state index >= 15 is 0 Å². The largest absolute Gasteiger partial charge is 0.480 e. The topological polar surface area (TPSA) is 46.5 Å². The van der Waals surface area contributed by atoms with Crippen LogP contribution in [0.1, 0.15) is 19.8 Å². The van der Waals surface area contributed by atoms with E-state index in [9.17, 15) is 4.79 Å². The zero-order valence-electron chi connectivity index (χ0n) is 7.16. The van der Waals surface area contributed by atoms with Gasteiger partial charge in [-0.1, -0.05) is 0 Å². The molecule has 3 nitrogen and oxygen atoms in total. The van der Waals surface area contributed by atoms with Crippen molar-refractivity contribution < 1.29 is 14.6 Å². The molecule has 1 rings (SSSR count). The number of hydrogen-bond donors (Lipinski definition) is 1. The molecule has 4 heteroatoms. The Morgan fingerprint density at radius 1 is 1.83 bits per heavy atom. The number of rotatable bonds is 4. The Morgan fingerprint density at radius 2 is 2.58 bits per heavy atom. The molecule has 1 aliphatic rings. The third-order valence-corrected chi connectivity index (χ3v) is 3.17. The number of ether oxygens (including phenoxy) is 1. The Morgan fingerprint density at radius 3 is 3.08 bits per heavy atom. The smallest absolute Gasteiger partial charge is 0.316 e. The summed E-state index contributed by atoms with van der Waals surface area (Å²) in [6.45, 7) is 2.55. The van der Waals surface area contributed by atoms with E-state index in [1.54, 1.807) is 6.92 Å². The van der Waals surface area contributed by atoms with Crippen molar-refractivity contribution in [2.75, 3.05) is 12.4 Å². The van der Waals surface area contributed by atoms with Crippen molar-refractivity contribution in [3.05, 3.63) is 0 Å². The zero-order valence-corrected chi connectivity index (χ0v) is 7.97. The van der Waals surface area contributed by atoms with Crippen molar-refractivity contribution in [3.8, 4) is 0 Å². The van der Waals surface area contributed by atoms with Crippen LogP contribution in [0.4, 0.5) is 0 Å². The normalized spacial score (nSPS) is 25.6. The second-order valence-electron chi connectivity index (χ2n) is 2.95. The summed E-state index contributed by atoms with van der Waals surface area (Å²) in [6, 6.07) is 0. The second-order valence-corrected chi connectivity index (χ2v) is 4.32. The average molecular weight is 190 g/mol. The first-order chi connectivity index (χ1) is 5.70. The molecular weight excluding hydrogens is 176 g/mol. The van der Waals surface area contributed by atoms with Crippen molar-refractivity contribution in [2.45, 2.75) is 31.1 Å². The maximum atomic E-state index is 10.4. The molecule has 0 aromatic carbocycles. The number of carbonyl (C=O) groups is 1. The lowest BCUT2D eigenvalue weighted by Gasteiger charge is -2.10. The second kappa shape index (κ2) is 4.72. The molecule has 70 valence electrons. The van der Waals surface area contributed by atoms with Gasteiger partial charge < -0.3 is 9.84 Å². The summed E-state index contributed by atoms with van der Waals surface area (Å²) in [7, 11) is 0. The number of aliphatic carboxylic acids is 1. The van der Waals surface area contributed by atoms with Crippen molar-refractivity contribution in [1.82, 2.24) is 0 Å². The van der Waals surface area contributed by atoms with Crippen LogP contribution in [-0.2, 0) is 9.53 Å². The van der Waals surface area contributed by atoms with Gasteiger partial charge in [-0.25, -0.2) is 0 Å². The van der Waals surface area contributed by atoms with Gasteiger partial charge in [0.1, 0.15) is 0 Å². The fraction of sp³-hybridized carbons (Fsp3) is 0.875. The van der Waals surface area contributed by atoms with E-state index in [1.165, 1.54) is 11.8 Å². The number of thioether (sulfide) groups is 1. The van der Waals surface area contributed by atoms with Gasteiger partial charge in [-0.05, 0) is 19.8 Å². The highest BCUT2D eigenvalue weighted by Gasteiger charge is 2.18. The minimum absolute atomic E-state index is 0.289. The molecule has 0 saturated carbocycles. The standard InChI is InChI=1S/C8H14O3S/c1-6(8(9)10)12-5-7-3-2-4-11-7/h6-7H,2-5H2,1H3,(H,9,10)/t6-,7+/m1/s1. The highest BCUT2D eigenvalue weighted by Crippen LogP contribution is 2.20. The van der Waals surface area contributed by atoms with Crippen LogP contribution < -0.4 is 0 Å². The van der Waals surface area contributed by atoms with E-state index in [0.29, 0.717) is 0 Å². The minimum atomic E-state index is -0.738. The average Bonchev–Trinajstić information content (AvgIpc) is 2.51. The van der Waals surface area contributed by atoms with Gasteiger partial charge in [0.15, 0.2) is 0 Å². The van der Waals surface area contributed by atoms with Gasteiger partial charge in [0, 0.05) is 12.4 Å². The fourth-order valence-corrected chi connectivity index (χ4v) is 2.01. The van der Waals surface area contributed by atoms with E-state index in [2.05, 4.69) is 0 Å². The molecule has 0 amide bonds. The van der Waals surface area contributed by atoms with Gasteiger partial charge in [-0.15, -0.1) is 11.8 Å². The molecule has 1 aliphatic heterocycles. The molecule has 1 fully saturated rings. The van der Waals surface area contributed by atoms with Gasteiger partial charge in [-0.2, -0.15) is 0 Å². The Hall–Kier alpha value is -0.220. The van der Waals surface area contributed by atoms with E-state index in [-0.39, 0.29) is 11.4 Å². The Bertz CT molecular complexity index is 154. The summed E-state index contributed by atoms with van der Waals surface area (Å²) in [5, 5.41) is 8.28. The molecule has 0 spiro atoms. The zero-order chi connectivity index (χ0) is 8.97. The molecule has 0 radical (unpaired) electrons. The predicted octanol–water partition coefficient (Wildman–Crippen LogP) is 1.37. The van der Waals surface area contributed by atoms with Crippen LogP contribution in [0, 0.1) is 0 Å². The van der Waals surface area contributed by atoms with Crippen LogP contribution in [-0.4, -0.2) is 34.8 Å². The lowest BCUT2D eigenvalue weighted by Crippen LogP contribution is -2.16. The molecule has 0 bridgehead atoms. The fourth-order valence-electron chi connectivity index (χ4n) is 1.10. The Labute approximate surface area is 76.5 Å². The molecule has 0 aromatic rings. The monoisotopic (exact) mass is 190 g/mol. The Balaban J connectivity index is 2.11. The van der Waals surface area contributed by atoms with Crippen LogP contribution in [0.3, 0.4) is 0 Å². The summed E-state index contributed by atoms with van der Waals surface area (Å²) in [6.07, 6.45) is 2.49. The van der Waals surface area contributed by atoms with Crippen molar-refractivity contribution >= 4 is 17.7 Å². The van der Waals surface area contributed by atoms with Crippen LogP contribution in [0.2, 0.25) is 0 Å². The van der Waals surface area contributed by atoms with Crippen LogP contribution in [0.25, 0.3) is 0 Å². The van der Waals surface area contributed by atoms with Crippen molar-refractivity contribution in [3.63, 3.8) is 0 Å². The van der Waals surface area contributed by atoms with Crippen molar-refractivity contribution in [2.24, 2.45) is 0 Å². The molecule has 2 atom stereocenters. The van der Waals surface area contributed by atoms with Gasteiger partial charge in [0.05, 0.1) is 11.4 Å². The highest BCUT2D eigenvalue weighted by atomic mass is 32.2. The van der Waals surface area contributed by atoms with Crippen molar-refractivity contribution in [1.29, 1.82) is 0 Å². The lowest BCUT2D eigenvalue weighted by atomic mass is 10.3. The molecule has 1 N–H and O–H groups in total. The SMILES string of the molecule is C[C@@H](SC[C@@H]1CCCO1)C(=O)O. The van der Waals surface area contributed by atoms with E-state index in [0.717, 1.165) is 25.2 Å². The van der Waals surface area contributed by atoms with Gasteiger partial charge in [0.25, 0.3) is 0 Å². The molecule has 0 aromatic heterocycles. The Kier molecular flexibility index (Phi) is 3.88. The number of hydrogen-bond acceptors (Lipinski definition) is 3. The summed E-state index contributed by atoms with van der Waals surface area (Å²) in [5.74, 6) is 0.0750. The summed E-state index contributed by atoms with van der Waals surface area (Å²) in [5.41, 5.74) is 0. The third kappa shape index (κ3) is 3.03. The summed E-state index contributed by atoms with van der Waals surface area (Å²) in [4.78, 5) is 10.4. The van der Waals surface area contributed by atoms with E-state index in [4.69, 9.17) is 9.84 Å². The number of carboxylic acid groups (broad SMARTS) is 1. The van der Waals surface area contributed by atoms with Gasteiger partial charge >= 0.3 is 5.97 Å². The summed E-state index contributed by atoms with van der Waals surface area (Å²) < 4.78 is 5.37. The first-order valence-electron chi connectivity index (χ1n) is 4.16. The predicted molar refractivity (Wildman–Crippen MR) is 48.5 cm³/mol. The first-order valence-corrected chi connectivity index (χ1v) is 5.21. The first kappa shape index (κ1) is 9.86. The quantitative estimate of drug-likeness (QED) is 0.727. The summed E-state index contributed by atoms with van der Waals surface area (Å²) >= 11 is 1.46. The van der Waals surface area contributed by atoms with Crippen LogP contribution in [0.5, 0.6) is 0 Å². The number of carboxylic acids is 1. The van der Waals surface area contributed by atoms with E-state index in [1.807, 2.05) is 0 Å². The minimum Gasteiger partial charge on any atom is -0.480 e. The molecule has 0 unspecified atom stereocenters. The maximum Gasteiger partial charge on any atom is 0.316 e. The molecular formula is C8H14O3S. The molecule has 1 heterocycles. The molecule has 12 heavy (non-hydrogen) atoms. The molecule has 1 saturated heterocycles. The van der Waals surface area contributed by atoms with Gasteiger partial charge in [0.2, 0.25) is 0 Å². The van der Waals surface area contributed by atoms with E-state index < -0.39 is 5.97 Å². The lowest BCUT2D eigenvalue weighted by molar-refractivity contribution is -0.136. The van der Waals surface area contributed by atoms with Crippen LogP contribution >= 0.6 is 11.8 Å². The molecule has 0 aliphatic carbocycles. The van der Waals surface area contributed by atoms with Crippen LogP contribution in [0.15, 0.2) is 0 Å². The maximum absolute atomic E-state index is 10.4. The van der Waals surface area contributed by atoms with Gasteiger partial charge in [-0.3, -0.25) is 4.79 Å². The third-order valence-electron chi connectivity index (χ3n) is 1.90.